The van der Waals surface area contributed by atoms with Gasteiger partial charge in [-0.1, -0.05) is 0 Å². The maximum Gasteiger partial charge on any atom is 0.238 e. The maximum absolute atomic E-state index is 11.6. The van der Waals surface area contributed by atoms with Crippen molar-refractivity contribution in [3.8, 4) is 0 Å². The highest BCUT2D eigenvalue weighted by molar-refractivity contribution is 8.14. The van der Waals surface area contributed by atoms with E-state index in [2.05, 4.69) is 4.90 Å². The first-order chi connectivity index (χ1) is 6.82. The molecule has 1 atom stereocenters. The van der Waals surface area contributed by atoms with Gasteiger partial charge in [0.15, 0.2) is 0 Å². The molecule has 0 radical (unpaired) electrons. The number of nitrogens with zero attached hydrogens (tertiary/aromatic N) is 1. The minimum atomic E-state index is -3.48. The Morgan fingerprint density at radius 2 is 1.80 bits per heavy atom. The summed E-state index contributed by atoms with van der Waals surface area (Å²) in [7, 11) is 2.07. The van der Waals surface area contributed by atoms with E-state index in [1.54, 1.807) is 13.8 Å². The SMILES string of the molecule is CC(C)(C1CN2CCC1CC2)S(=O)(=O)Cl. The third-order valence-corrected chi connectivity index (χ3v) is 6.93. The largest absolute Gasteiger partial charge is 0.303 e. The Bertz CT molecular complexity index is 344. The van der Waals surface area contributed by atoms with E-state index in [9.17, 15) is 8.42 Å². The molecule has 3 saturated heterocycles. The Kier molecular flexibility index (Phi) is 2.81. The highest BCUT2D eigenvalue weighted by atomic mass is 35.7. The molecule has 2 bridgehead atoms. The molecule has 0 aliphatic carbocycles. The van der Waals surface area contributed by atoms with Crippen molar-refractivity contribution in [3.63, 3.8) is 0 Å². The Labute approximate surface area is 96.2 Å². The van der Waals surface area contributed by atoms with Crippen LogP contribution < -0.4 is 0 Å². The molecule has 5 heteroatoms. The number of halogens is 1. The predicted molar refractivity (Wildman–Crippen MR) is 61.5 cm³/mol. The number of hydrogen-bond acceptors (Lipinski definition) is 3. The molecule has 88 valence electrons. The summed E-state index contributed by atoms with van der Waals surface area (Å²) in [6.45, 7) is 6.67. The minimum Gasteiger partial charge on any atom is -0.303 e. The molecule has 3 nitrogen and oxygen atoms in total. The van der Waals surface area contributed by atoms with Crippen LogP contribution in [0, 0.1) is 11.8 Å². The van der Waals surface area contributed by atoms with E-state index >= 15 is 0 Å². The summed E-state index contributed by atoms with van der Waals surface area (Å²) in [5.41, 5.74) is 0. The van der Waals surface area contributed by atoms with Gasteiger partial charge in [0.1, 0.15) is 0 Å². The average Bonchev–Trinajstić information content (AvgIpc) is 2.17. The molecule has 1 unspecified atom stereocenters. The number of piperidine rings is 3. The molecule has 3 aliphatic rings. The summed E-state index contributed by atoms with van der Waals surface area (Å²) in [6.07, 6.45) is 2.25. The van der Waals surface area contributed by atoms with Gasteiger partial charge in [0.2, 0.25) is 9.05 Å². The van der Waals surface area contributed by atoms with E-state index in [1.807, 2.05) is 0 Å². The van der Waals surface area contributed by atoms with Crippen LogP contribution in [-0.2, 0) is 9.05 Å². The van der Waals surface area contributed by atoms with Crippen LogP contribution in [0.25, 0.3) is 0 Å². The van der Waals surface area contributed by atoms with Crippen LogP contribution in [0.15, 0.2) is 0 Å². The second kappa shape index (κ2) is 3.60. The highest BCUT2D eigenvalue weighted by Crippen LogP contribution is 2.42. The van der Waals surface area contributed by atoms with Gasteiger partial charge >= 0.3 is 0 Å². The van der Waals surface area contributed by atoms with Crippen LogP contribution in [0.2, 0.25) is 0 Å². The summed E-state index contributed by atoms with van der Waals surface area (Å²) in [4.78, 5) is 2.36. The third-order valence-electron chi connectivity index (χ3n) is 4.18. The molecule has 3 fully saturated rings. The second-order valence-electron chi connectivity index (χ2n) is 5.29. The van der Waals surface area contributed by atoms with Gasteiger partial charge in [-0.15, -0.1) is 0 Å². The average molecular weight is 252 g/mol. The molecule has 3 aliphatic heterocycles. The van der Waals surface area contributed by atoms with Gasteiger partial charge in [0, 0.05) is 17.2 Å². The van der Waals surface area contributed by atoms with E-state index in [1.165, 1.54) is 0 Å². The van der Waals surface area contributed by atoms with E-state index in [-0.39, 0.29) is 5.92 Å². The fraction of sp³-hybridized carbons (Fsp3) is 1.00. The van der Waals surface area contributed by atoms with Crippen molar-refractivity contribution >= 4 is 19.7 Å². The van der Waals surface area contributed by atoms with Crippen LogP contribution in [0.1, 0.15) is 26.7 Å². The lowest BCUT2D eigenvalue weighted by Gasteiger charge is -2.49. The van der Waals surface area contributed by atoms with Crippen molar-refractivity contribution in [1.29, 1.82) is 0 Å². The zero-order valence-electron chi connectivity index (χ0n) is 9.24. The topological polar surface area (TPSA) is 37.4 Å². The number of rotatable bonds is 2. The minimum absolute atomic E-state index is 0.197. The van der Waals surface area contributed by atoms with Crippen molar-refractivity contribution < 1.29 is 8.42 Å². The van der Waals surface area contributed by atoms with Crippen molar-refractivity contribution in [1.82, 2.24) is 4.90 Å². The van der Waals surface area contributed by atoms with Crippen LogP contribution in [0.5, 0.6) is 0 Å². The molecule has 0 aromatic carbocycles. The van der Waals surface area contributed by atoms with E-state index in [0.717, 1.165) is 32.5 Å². The first kappa shape index (κ1) is 11.7. The van der Waals surface area contributed by atoms with E-state index < -0.39 is 13.8 Å². The maximum atomic E-state index is 11.6. The number of hydrogen-bond donors (Lipinski definition) is 0. The molecule has 3 rings (SSSR count). The first-order valence-corrected chi connectivity index (χ1v) is 7.80. The Morgan fingerprint density at radius 3 is 2.13 bits per heavy atom. The van der Waals surface area contributed by atoms with Crippen LogP contribution in [0.3, 0.4) is 0 Å². The Hall–Kier alpha value is 0.200. The van der Waals surface area contributed by atoms with Gasteiger partial charge in [0.05, 0.1) is 4.75 Å². The first-order valence-electron chi connectivity index (χ1n) is 5.49. The predicted octanol–water partition coefficient (Wildman–Crippen LogP) is 1.68. The summed E-state index contributed by atoms with van der Waals surface area (Å²) < 4.78 is 22.4. The quantitative estimate of drug-likeness (QED) is 0.701. The van der Waals surface area contributed by atoms with Crippen molar-refractivity contribution in [2.75, 3.05) is 19.6 Å². The molecule has 0 aromatic heterocycles. The zero-order valence-corrected chi connectivity index (χ0v) is 10.8. The van der Waals surface area contributed by atoms with Gasteiger partial charge in [-0.3, -0.25) is 0 Å². The van der Waals surface area contributed by atoms with Gasteiger partial charge in [0.25, 0.3) is 0 Å². The van der Waals surface area contributed by atoms with Crippen molar-refractivity contribution in [3.05, 3.63) is 0 Å². The highest BCUT2D eigenvalue weighted by Gasteiger charge is 2.48. The second-order valence-corrected chi connectivity index (χ2v) is 8.43. The van der Waals surface area contributed by atoms with Gasteiger partial charge in [-0.25, -0.2) is 8.42 Å². The third kappa shape index (κ3) is 1.92. The molecule has 0 spiro atoms. The normalized spacial score (nSPS) is 36.9. The molecule has 0 amide bonds. The van der Waals surface area contributed by atoms with E-state index in [4.69, 9.17) is 10.7 Å². The lowest BCUT2D eigenvalue weighted by atomic mass is 9.73. The Morgan fingerprint density at radius 1 is 1.27 bits per heavy atom. The van der Waals surface area contributed by atoms with Crippen LogP contribution in [0.4, 0.5) is 0 Å². The molecule has 15 heavy (non-hydrogen) atoms. The van der Waals surface area contributed by atoms with Crippen molar-refractivity contribution in [2.24, 2.45) is 11.8 Å². The molecule has 3 heterocycles. The monoisotopic (exact) mass is 251 g/mol. The lowest BCUT2D eigenvalue weighted by Crippen LogP contribution is -2.55. The molecular formula is C10H18ClNO2S. The fourth-order valence-electron chi connectivity index (χ4n) is 2.93. The summed E-state index contributed by atoms with van der Waals surface area (Å²) in [5, 5.41) is 0. The molecular weight excluding hydrogens is 234 g/mol. The summed E-state index contributed by atoms with van der Waals surface area (Å²) in [5.74, 6) is 0.737. The summed E-state index contributed by atoms with van der Waals surface area (Å²) in [6, 6.07) is 0. The molecule has 0 N–H and O–H groups in total. The Balaban J connectivity index is 2.25. The fourth-order valence-corrected chi connectivity index (χ4v) is 3.91. The van der Waals surface area contributed by atoms with Gasteiger partial charge in [-0.2, -0.15) is 0 Å². The summed E-state index contributed by atoms with van der Waals surface area (Å²) >= 11 is 0. The standard InChI is InChI=1S/C10H18ClNO2S/c1-10(2,15(11,13)14)9-7-12-5-3-8(9)4-6-12/h8-9H,3-7H2,1-2H3. The van der Waals surface area contributed by atoms with Crippen LogP contribution in [-0.4, -0.2) is 37.7 Å². The smallest absolute Gasteiger partial charge is 0.238 e. The van der Waals surface area contributed by atoms with Gasteiger partial charge < -0.3 is 4.90 Å². The van der Waals surface area contributed by atoms with Crippen molar-refractivity contribution in [2.45, 2.75) is 31.4 Å². The van der Waals surface area contributed by atoms with Gasteiger partial charge in [-0.05, 0) is 51.6 Å². The number of fused-ring (bicyclic) bond motifs is 3. The van der Waals surface area contributed by atoms with E-state index in [0.29, 0.717) is 5.92 Å². The molecule has 0 saturated carbocycles. The lowest BCUT2D eigenvalue weighted by molar-refractivity contribution is 0.0347. The van der Waals surface area contributed by atoms with Crippen LogP contribution >= 0.6 is 10.7 Å². The zero-order chi connectivity index (χ0) is 11.3. The molecule has 0 aromatic rings.